The van der Waals surface area contributed by atoms with Gasteiger partial charge in [-0.25, -0.2) is 4.68 Å². The number of oxime groups is 1. The maximum Gasteiger partial charge on any atom is 0.0892 e. The molecule has 0 spiro atoms. The predicted molar refractivity (Wildman–Crippen MR) is 35.0 cm³/mol. The molecule has 5 nitrogen and oxygen atoms in total. The van der Waals surface area contributed by atoms with E-state index in [0.29, 0.717) is 0 Å². The summed E-state index contributed by atoms with van der Waals surface area (Å²) in [6.45, 7) is 1.84. The molecule has 10 heavy (non-hydrogen) atoms. The van der Waals surface area contributed by atoms with Gasteiger partial charge in [0.25, 0.3) is 0 Å². The Balaban J connectivity index is 2.67. The molecule has 1 aromatic heterocycles. The van der Waals surface area contributed by atoms with Gasteiger partial charge in [-0.05, 0) is 6.92 Å². The van der Waals surface area contributed by atoms with Crippen LogP contribution >= 0.6 is 0 Å². The van der Waals surface area contributed by atoms with Crippen LogP contribution in [0, 0.1) is 0 Å². The third-order valence-electron chi connectivity index (χ3n) is 1.14. The molecule has 0 fully saturated rings. The van der Waals surface area contributed by atoms with Crippen molar-refractivity contribution in [2.24, 2.45) is 5.16 Å². The summed E-state index contributed by atoms with van der Waals surface area (Å²) in [6, 6.07) is -0.0486. The molecule has 0 saturated carbocycles. The minimum atomic E-state index is -0.0486. The third-order valence-corrected chi connectivity index (χ3v) is 1.14. The van der Waals surface area contributed by atoms with Gasteiger partial charge in [-0.15, -0.1) is 5.10 Å². The Kier molecular flexibility index (Phi) is 1.99. The maximum atomic E-state index is 8.14. The van der Waals surface area contributed by atoms with Crippen molar-refractivity contribution in [2.75, 3.05) is 0 Å². The van der Waals surface area contributed by atoms with E-state index < -0.39 is 0 Å². The standard InChI is InChI=1S/C5H8N4O/c1-5(4-7-10)9-3-2-6-8-9/h2-5,10H,1H3/b7-4+. The van der Waals surface area contributed by atoms with Crippen molar-refractivity contribution in [3.05, 3.63) is 12.4 Å². The highest BCUT2D eigenvalue weighted by molar-refractivity contribution is 5.60. The normalized spacial score (nSPS) is 14.1. The number of hydrogen-bond acceptors (Lipinski definition) is 4. The third kappa shape index (κ3) is 1.31. The monoisotopic (exact) mass is 140 g/mol. The Labute approximate surface area is 58.0 Å². The molecule has 54 valence electrons. The average molecular weight is 140 g/mol. The van der Waals surface area contributed by atoms with Gasteiger partial charge >= 0.3 is 0 Å². The molecule has 1 aromatic rings. The molecule has 1 unspecified atom stereocenters. The van der Waals surface area contributed by atoms with Crippen LogP contribution in [-0.2, 0) is 0 Å². The van der Waals surface area contributed by atoms with Crippen molar-refractivity contribution in [2.45, 2.75) is 13.0 Å². The van der Waals surface area contributed by atoms with E-state index in [4.69, 9.17) is 5.21 Å². The summed E-state index contributed by atoms with van der Waals surface area (Å²) in [6.07, 6.45) is 4.64. The Morgan fingerprint density at radius 3 is 3.10 bits per heavy atom. The lowest BCUT2D eigenvalue weighted by Crippen LogP contribution is -2.06. The highest BCUT2D eigenvalue weighted by Crippen LogP contribution is 1.96. The molecular formula is C5H8N4O. The molecule has 0 bridgehead atoms. The van der Waals surface area contributed by atoms with Crippen molar-refractivity contribution in [1.29, 1.82) is 0 Å². The van der Waals surface area contributed by atoms with E-state index in [0.717, 1.165) is 0 Å². The molecule has 0 aliphatic rings. The molecule has 0 aliphatic carbocycles. The van der Waals surface area contributed by atoms with Gasteiger partial charge in [0, 0.05) is 6.20 Å². The predicted octanol–water partition coefficient (Wildman–Crippen LogP) is 0.299. The van der Waals surface area contributed by atoms with Crippen LogP contribution in [-0.4, -0.2) is 26.4 Å². The summed E-state index contributed by atoms with van der Waals surface area (Å²) in [5, 5.41) is 18.3. The number of nitrogens with zero attached hydrogens (tertiary/aromatic N) is 4. The fraction of sp³-hybridized carbons (Fsp3) is 0.400. The van der Waals surface area contributed by atoms with Crippen LogP contribution < -0.4 is 0 Å². The van der Waals surface area contributed by atoms with E-state index in [1.165, 1.54) is 6.21 Å². The fourth-order valence-corrected chi connectivity index (χ4v) is 0.599. The molecule has 1 rings (SSSR count). The fourth-order valence-electron chi connectivity index (χ4n) is 0.599. The van der Waals surface area contributed by atoms with Crippen LogP contribution in [0.1, 0.15) is 13.0 Å². The van der Waals surface area contributed by atoms with Crippen molar-refractivity contribution in [3.8, 4) is 0 Å². The van der Waals surface area contributed by atoms with Gasteiger partial charge < -0.3 is 5.21 Å². The number of rotatable bonds is 2. The highest BCUT2D eigenvalue weighted by atomic mass is 16.4. The van der Waals surface area contributed by atoms with Crippen molar-refractivity contribution >= 4 is 6.21 Å². The molecule has 0 saturated heterocycles. The molecule has 1 heterocycles. The second-order valence-electron chi connectivity index (χ2n) is 1.89. The first kappa shape index (κ1) is 6.73. The molecular weight excluding hydrogens is 132 g/mol. The highest BCUT2D eigenvalue weighted by Gasteiger charge is 1.98. The van der Waals surface area contributed by atoms with Crippen molar-refractivity contribution in [1.82, 2.24) is 15.0 Å². The molecule has 0 aliphatic heterocycles. The second-order valence-corrected chi connectivity index (χ2v) is 1.89. The smallest absolute Gasteiger partial charge is 0.0892 e. The summed E-state index contributed by atoms with van der Waals surface area (Å²) in [5.74, 6) is 0. The first-order valence-electron chi connectivity index (χ1n) is 2.88. The minimum absolute atomic E-state index is 0.0486. The van der Waals surface area contributed by atoms with E-state index in [9.17, 15) is 0 Å². The number of aromatic nitrogens is 3. The molecule has 0 aromatic carbocycles. The van der Waals surface area contributed by atoms with Gasteiger partial charge in [0.15, 0.2) is 0 Å². The zero-order chi connectivity index (χ0) is 7.40. The second kappa shape index (κ2) is 2.95. The summed E-state index contributed by atoms with van der Waals surface area (Å²) < 4.78 is 1.58. The summed E-state index contributed by atoms with van der Waals surface area (Å²) in [7, 11) is 0. The Hall–Kier alpha value is -1.39. The van der Waals surface area contributed by atoms with E-state index in [-0.39, 0.29) is 6.04 Å². The summed E-state index contributed by atoms with van der Waals surface area (Å²) in [5.41, 5.74) is 0. The topological polar surface area (TPSA) is 63.3 Å². The first-order chi connectivity index (χ1) is 4.84. The zero-order valence-electron chi connectivity index (χ0n) is 5.55. The van der Waals surface area contributed by atoms with Gasteiger partial charge in [0.2, 0.25) is 0 Å². The molecule has 0 radical (unpaired) electrons. The Bertz CT molecular complexity index is 205. The van der Waals surface area contributed by atoms with Gasteiger partial charge in [0.1, 0.15) is 0 Å². The van der Waals surface area contributed by atoms with Crippen LogP contribution in [0.3, 0.4) is 0 Å². The van der Waals surface area contributed by atoms with Crippen LogP contribution in [0.15, 0.2) is 17.5 Å². The summed E-state index contributed by atoms with van der Waals surface area (Å²) in [4.78, 5) is 0. The van der Waals surface area contributed by atoms with Gasteiger partial charge in [-0.2, -0.15) is 0 Å². The Morgan fingerprint density at radius 2 is 2.60 bits per heavy atom. The lowest BCUT2D eigenvalue weighted by Gasteiger charge is -2.01. The zero-order valence-corrected chi connectivity index (χ0v) is 5.55. The maximum absolute atomic E-state index is 8.14. The van der Waals surface area contributed by atoms with E-state index in [1.807, 2.05) is 6.92 Å². The number of hydrogen-bond donors (Lipinski definition) is 1. The lowest BCUT2D eigenvalue weighted by atomic mass is 10.4. The Morgan fingerprint density at radius 1 is 1.80 bits per heavy atom. The van der Waals surface area contributed by atoms with Crippen LogP contribution in [0.5, 0.6) is 0 Å². The lowest BCUT2D eigenvalue weighted by molar-refractivity contribution is 0.318. The van der Waals surface area contributed by atoms with Gasteiger partial charge in [-0.1, -0.05) is 10.4 Å². The van der Waals surface area contributed by atoms with E-state index >= 15 is 0 Å². The summed E-state index contributed by atoms with van der Waals surface area (Å²) >= 11 is 0. The average Bonchev–Trinajstić information content (AvgIpc) is 2.38. The molecule has 1 N–H and O–H groups in total. The molecule has 5 heteroatoms. The minimum Gasteiger partial charge on any atom is -0.411 e. The van der Waals surface area contributed by atoms with Crippen LogP contribution in [0.2, 0.25) is 0 Å². The molecule has 1 atom stereocenters. The first-order valence-corrected chi connectivity index (χ1v) is 2.88. The quantitative estimate of drug-likeness (QED) is 0.365. The van der Waals surface area contributed by atoms with Crippen LogP contribution in [0.4, 0.5) is 0 Å². The van der Waals surface area contributed by atoms with Gasteiger partial charge in [-0.3, -0.25) is 0 Å². The van der Waals surface area contributed by atoms with Crippen molar-refractivity contribution < 1.29 is 5.21 Å². The van der Waals surface area contributed by atoms with E-state index in [2.05, 4.69) is 15.5 Å². The SMILES string of the molecule is CC(/C=N/O)n1ccnn1. The molecule has 0 amide bonds. The van der Waals surface area contributed by atoms with E-state index in [1.54, 1.807) is 17.1 Å². The van der Waals surface area contributed by atoms with Crippen molar-refractivity contribution in [3.63, 3.8) is 0 Å². The largest absolute Gasteiger partial charge is 0.411 e. The van der Waals surface area contributed by atoms with Gasteiger partial charge in [0.05, 0.1) is 18.5 Å². The van der Waals surface area contributed by atoms with Crippen LogP contribution in [0.25, 0.3) is 0 Å².